The van der Waals surface area contributed by atoms with E-state index in [1.54, 1.807) is 24.3 Å². The van der Waals surface area contributed by atoms with Crippen molar-refractivity contribution >= 4 is 68.7 Å². The Labute approximate surface area is 281 Å². The molecule has 2 aliphatic heterocycles. The van der Waals surface area contributed by atoms with Gasteiger partial charge in [-0.1, -0.05) is 65.6 Å². The number of anilines is 2. The van der Waals surface area contributed by atoms with E-state index in [0.29, 0.717) is 32.7 Å². The maximum absolute atomic E-state index is 14.2. The zero-order valence-corrected chi connectivity index (χ0v) is 27.1. The third-order valence-corrected chi connectivity index (χ3v) is 11.1. The van der Waals surface area contributed by atoms with Gasteiger partial charge in [0, 0.05) is 34.0 Å². The van der Waals surface area contributed by atoms with Gasteiger partial charge < -0.3 is 14.8 Å². The summed E-state index contributed by atoms with van der Waals surface area (Å²) in [6, 6.07) is 23.5. The summed E-state index contributed by atoms with van der Waals surface area (Å²) < 4.78 is 12.3. The highest BCUT2D eigenvalue weighted by Gasteiger charge is 2.57. The molecule has 12 nitrogen and oxygen atoms in total. The first-order valence-corrected chi connectivity index (χ1v) is 16.4. The van der Waals surface area contributed by atoms with Crippen LogP contribution in [-0.2, 0) is 20.9 Å². The molecule has 1 fully saturated rings. The van der Waals surface area contributed by atoms with Gasteiger partial charge >= 0.3 is 4.87 Å². The number of nitro benzene ring substituents is 1. The molecule has 0 aliphatic carbocycles. The van der Waals surface area contributed by atoms with Gasteiger partial charge in [0.25, 0.3) is 5.69 Å². The molecule has 48 heavy (non-hydrogen) atoms. The lowest BCUT2D eigenvalue weighted by Crippen LogP contribution is -2.33. The Kier molecular flexibility index (Phi) is 7.97. The minimum atomic E-state index is -0.945. The van der Waals surface area contributed by atoms with E-state index in [-0.39, 0.29) is 17.9 Å². The predicted molar refractivity (Wildman–Crippen MR) is 181 cm³/mol. The first-order chi connectivity index (χ1) is 23.2. The number of non-ortho nitro benzene ring substituents is 1. The summed E-state index contributed by atoms with van der Waals surface area (Å²) in [5, 5.41) is 15.4. The number of nitrogens with zero attached hydrogens (tertiary/aromatic N) is 3. The number of hydrogen-bond acceptors (Lipinski definition) is 10. The molecule has 0 spiro atoms. The lowest BCUT2D eigenvalue weighted by Gasteiger charge is -2.31. The summed E-state index contributed by atoms with van der Waals surface area (Å²) in [5.41, 5.74) is 1.23. The van der Waals surface area contributed by atoms with Gasteiger partial charge in [-0.3, -0.25) is 33.9 Å². The number of nitrogens with one attached hydrogen (secondary N) is 1. The number of thioether (sulfide) groups is 1. The number of ether oxygens (including phenoxy) is 2. The van der Waals surface area contributed by atoms with Gasteiger partial charge in [0.2, 0.25) is 17.7 Å². The van der Waals surface area contributed by atoms with E-state index < -0.39 is 44.6 Å². The molecule has 0 saturated carbocycles. The number of imide groups is 1. The molecular weight excluding hydrogens is 657 g/mol. The molecule has 4 aromatic carbocycles. The maximum Gasteiger partial charge on any atom is 0.308 e. The van der Waals surface area contributed by atoms with Crippen LogP contribution in [0.4, 0.5) is 17.1 Å². The van der Waals surface area contributed by atoms with Gasteiger partial charge in [-0.2, -0.15) is 0 Å². The van der Waals surface area contributed by atoms with E-state index in [1.165, 1.54) is 43.1 Å². The van der Waals surface area contributed by atoms with Gasteiger partial charge in [-0.25, -0.2) is 4.90 Å². The van der Waals surface area contributed by atoms with Crippen LogP contribution in [0.15, 0.2) is 94.7 Å². The zero-order valence-electron chi connectivity index (χ0n) is 25.4. The fourth-order valence-electron chi connectivity index (χ4n) is 6.31. The third-order valence-electron chi connectivity index (χ3n) is 8.50. The van der Waals surface area contributed by atoms with Gasteiger partial charge in [0.05, 0.1) is 35.8 Å². The second-order valence-electron chi connectivity index (χ2n) is 11.1. The fourth-order valence-corrected chi connectivity index (χ4v) is 9.08. The van der Waals surface area contributed by atoms with Crippen LogP contribution in [-0.4, -0.2) is 46.7 Å². The number of amides is 3. The molecule has 7 rings (SSSR count). The van der Waals surface area contributed by atoms with Crippen molar-refractivity contribution in [1.29, 1.82) is 0 Å². The largest absolute Gasteiger partial charge is 0.493 e. The maximum atomic E-state index is 14.2. The number of benzene rings is 4. The SMILES string of the molecule is COc1ccc(C2c3sc(=O)n(CC(=O)Nc4cccc5ccccc45)c3SC3C(=O)N(c4ccc([N+](=O)[O-])cc4)C(=O)C32)cc1OC. The van der Waals surface area contributed by atoms with E-state index in [2.05, 4.69) is 5.32 Å². The molecule has 1 aromatic heterocycles. The van der Waals surface area contributed by atoms with Crippen molar-refractivity contribution in [2.75, 3.05) is 24.4 Å². The zero-order chi connectivity index (χ0) is 33.7. The minimum absolute atomic E-state index is 0.180. The molecule has 3 atom stereocenters. The van der Waals surface area contributed by atoms with Crippen molar-refractivity contribution in [2.45, 2.75) is 22.7 Å². The Morgan fingerprint density at radius 3 is 2.38 bits per heavy atom. The highest BCUT2D eigenvalue weighted by Crippen LogP contribution is 2.54. The van der Waals surface area contributed by atoms with Crippen molar-refractivity contribution < 1.29 is 28.8 Å². The topological polar surface area (TPSA) is 150 Å². The molecule has 0 radical (unpaired) electrons. The average Bonchev–Trinajstić information content (AvgIpc) is 3.54. The van der Waals surface area contributed by atoms with Crippen LogP contribution >= 0.6 is 23.1 Å². The number of carbonyl (C=O) groups is 3. The lowest BCUT2D eigenvalue weighted by molar-refractivity contribution is -0.384. The standard InChI is InChI=1S/C34H26N4O8S2/c1-45-24-15-10-19(16-25(24)46-2)27-28-29(32(41)37(31(28)40)20-11-13-21(14-12-20)38(43)44)47-33-30(27)48-34(42)36(33)17-26(39)35-23-9-5-7-18-6-3-4-8-22(18)23/h3-16,27-29H,17H2,1-2H3,(H,35,39). The summed E-state index contributed by atoms with van der Waals surface area (Å²) in [4.78, 5) is 67.1. The molecule has 5 aromatic rings. The quantitative estimate of drug-likeness (QED) is 0.129. The highest BCUT2D eigenvalue weighted by molar-refractivity contribution is 8.00. The van der Waals surface area contributed by atoms with Crippen LogP contribution in [0.5, 0.6) is 11.5 Å². The van der Waals surface area contributed by atoms with Crippen LogP contribution in [0.2, 0.25) is 0 Å². The van der Waals surface area contributed by atoms with Gasteiger partial charge in [-0.15, -0.1) is 0 Å². The number of hydrogen-bond donors (Lipinski definition) is 1. The molecule has 0 bridgehead atoms. The van der Waals surface area contributed by atoms with Gasteiger partial charge in [-0.05, 0) is 41.3 Å². The van der Waals surface area contributed by atoms with Crippen molar-refractivity contribution in [1.82, 2.24) is 4.57 Å². The fraction of sp³-hybridized carbons (Fsp3) is 0.176. The van der Waals surface area contributed by atoms with Crippen LogP contribution in [0.1, 0.15) is 16.4 Å². The number of nitro groups is 1. The number of aromatic nitrogens is 1. The molecule has 1 saturated heterocycles. The molecule has 3 heterocycles. The van der Waals surface area contributed by atoms with Crippen LogP contribution in [0.25, 0.3) is 10.8 Å². The van der Waals surface area contributed by atoms with Crippen LogP contribution in [0, 0.1) is 16.0 Å². The molecule has 2 aliphatic rings. The number of rotatable bonds is 8. The number of fused-ring (bicyclic) bond motifs is 3. The Morgan fingerprint density at radius 2 is 1.65 bits per heavy atom. The normalized spacial score (nSPS) is 18.4. The molecule has 14 heteroatoms. The van der Waals surface area contributed by atoms with E-state index in [0.717, 1.165) is 38.8 Å². The monoisotopic (exact) mass is 682 g/mol. The van der Waals surface area contributed by atoms with E-state index in [4.69, 9.17) is 9.47 Å². The second kappa shape index (κ2) is 12.3. The Morgan fingerprint density at radius 1 is 0.917 bits per heavy atom. The first kappa shape index (κ1) is 31.1. The van der Waals surface area contributed by atoms with Crippen molar-refractivity contribution in [3.8, 4) is 11.5 Å². The van der Waals surface area contributed by atoms with Crippen molar-refractivity contribution in [2.24, 2.45) is 5.92 Å². The van der Waals surface area contributed by atoms with Gasteiger partial charge in [0.15, 0.2) is 11.5 Å². The predicted octanol–water partition coefficient (Wildman–Crippen LogP) is 5.42. The molecule has 242 valence electrons. The molecule has 3 unspecified atom stereocenters. The molecule has 3 amide bonds. The second-order valence-corrected chi connectivity index (χ2v) is 13.3. The molecular formula is C34H26N4O8S2. The highest BCUT2D eigenvalue weighted by atomic mass is 32.2. The average molecular weight is 683 g/mol. The van der Waals surface area contributed by atoms with Crippen LogP contribution < -0.4 is 24.6 Å². The van der Waals surface area contributed by atoms with E-state index in [9.17, 15) is 29.3 Å². The number of thiazole rings is 1. The Hall–Kier alpha value is -5.47. The summed E-state index contributed by atoms with van der Waals surface area (Å²) in [6.07, 6.45) is 0. The summed E-state index contributed by atoms with van der Waals surface area (Å²) in [7, 11) is 2.98. The summed E-state index contributed by atoms with van der Waals surface area (Å²) in [5.74, 6) is -2.26. The third kappa shape index (κ3) is 5.18. The number of carbonyl (C=O) groups excluding carboxylic acids is 3. The Bertz CT molecular complexity index is 2190. The van der Waals surface area contributed by atoms with E-state index >= 15 is 0 Å². The Balaban J connectivity index is 1.29. The van der Waals surface area contributed by atoms with Crippen LogP contribution in [0.3, 0.4) is 0 Å². The van der Waals surface area contributed by atoms with Gasteiger partial charge in [0.1, 0.15) is 11.8 Å². The number of methoxy groups -OCH3 is 2. The van der Waals surface area contributed by atoms with Crippen molar-refractivity contribution in [3.63, 3.8) is 0 Å². The van der Waals surface area contributed by atoms with Crippen molar-refractivity contribution in [3.05, 3.63) is 115 Å². The lowest BCUT2D eigenvalue weighted by atomic mass is 9.83. The summed E-state index contributed by atoms with van der Waals surface area (Å²) in [6.45, 7) is -0.314. The minimum Gasteiger partial charge on any atom is -0.493 e. The first-order valence-electron chi connectivity index (χ1n) is 14.7. The molecule has 1 N–H and O–H groups in total. The van der Waals surface area contributed by atoms with E-state index in [1.807, 2.05) is 36.4 Å². The summed E-state index contributed by atoms with van der Waals surface area (Å²) >= 11 is 2.00. The smallest absolute Gasteiger partial charge is 0.308 e.